The van der Waals surface area contributed by atoms with Gasteiger partial charge < -0.3 is 5.73 Å². The lowest BCUT2D eigenvalue weighted by Crippen LogP contribution is -2.02. The van der Waals surface area contributed by atoms with Crippen LogP contribution in [0, 0.1) is 0 Å². The number of hydrogen-bond acceptors (Lipinski definition) is 2. The Balaban J connectivity index is 2.50. The Morgan fingerprint density at radius 1 is 1.54 bits per heavy atom. The van der Waals surface area contributed by atoms with Gasteiger partial charge in [-0.3, -0.25) is 4.40 Å². The molecule has 0 aliphatic heterocycles. The maximum absolute atomic E-state index is 5.48. The zero-order chi connectivity index (χ0) is 9.26. The van der Waals surface area contributed by atoms with Gasteiger partial charge in [-0.2, -0.15) is 0 Å². The summed E-state index contributed by atoms with van der Waals surface area (Å²) in [6.45, 7) is 0.686. The third kappa shape index (κ3) is 1.59. The summed E-state index contributed by atoms with van der Waals surface area (Å²) in [6, 6.07) is 4.16. The van der Waals surface area contributed by atoms with Crippen LogP contribution in [0.5, 0.6) is 0 Å². The smallest absolute Gasteiger partial charge is 0.181 e. The van der Waals surface area contributed by atoms with Gasteiger partial charge in [-0.1, -0.05) is 0 Å². The van der Waals surface area contributed by atoms with Crippen LogP contribution < -0.4 is 5.73 Å². The molecule has 68 valence electrons. The summed E-state index contributed by atoms with van der Waals surface area (Å²) in [7, 11) is 0. The van der Waals surface area contributed by atoms with E-state index in [2.05, 4.69) is 33.0 Å². The van der Waals surface area contributed by atoms with E-state index in [1.807, 2.05) is 16.8 Å². The molecule has 0 aromatic carbocycles. The molecular formula is C9H10BrN3. The van der Waals surface area contributed by atoms with E-state index in [1.54, 1.807) is 0 Å². The minimum Gasteiger partial charge on any atom is -0.330 e. The molecule has 2 aromatic heterocycles. The minimum absolute atomic E-state index is 0.686. The first-order valence-electron chi connectivity index (χ1n) is 4.13. The summed E-state index contributed by atoms with van der Waals surface area (Å²) in [6.07, 6.45) is 4.75. The fourth-order valence-electron chi connectivity index (χ4n) is 1.34. The third-order valence-electron chi connectivity index (χ3n) is 1.98. The first kappa shape index (κ1) is 8.72. The lowest BCUT2D eigenvalue weighted by Gasteiger charge is -1.99. The van der Waals surface area contributed by atoms with Crippen molar-refractivity contribution in [1.29, 1.82) is 0 Å². The molecule has 2 N–H and O–H groups in total. The average Bonchev–Trinajstić information content (AvgIpc) is 2.48. The molecule has 2 rings (SSSR count). The van der Waals surface area contributed by atoms with Crippen LogP contribution in [0.25, 0.3) is 5.52 Å². The Kier molecular flexibility index (Phi) is 2.33. The third-order valence-corrected chi connectivity index (χ3v) is 2.57. The Morgan fingerprint density at radius 2 is 2.38 bits per heavy atom. The molecule has 2 heterocycles. The molecule has 0 bridgehead atoms. The monoisotopic (exact) mass is 239 g/mol. The maximum Gasteiger partial charge on any atom is 0.181 e. The highest BCUT2D eigenvalue weighted by Gasteiger charge is 1.99. The van der Waals surface area contributed by atoms with Crippen molar-refractivity contribution in [3.05, 3.63) is 34.8 Å². The molecule has 0 atom stereocenters. The van der Waals surface area contributed by atoms with Gasteiger partial charge in [0.1, 0.15) is 0 Å². The van der Waals surface area contributed by atoms with Crippen LogP contribution in [-0.2, 0) is 6.42 Å². The van der Waals surface area contributed by atoms with E-state index in [9.17, 15) is 0 Å². The van der Waals surface area contributed by atoms with Crippen molar-refractivity contribution in [2.75, 3.05) is 6.54 Å². The normalized spacial score (nSPS) is 10.9. The molecule has 4 heteroatoms. The predicted molar refractivity (Wildman–Crippen MR) is 55.7 cm³/mol. The van der Waals surface area contributed by atoms with Gasteiger partial charge in [-0.05, 0) is 46.6 Å². The van der Waals surface area contributed by atoms with Crippen LogP contribution in [0.1, 0.15) is 5.56 Å². The fraction of sp³-hybridized carbons (Fsp3) is 0.222. The fourth-order valence-corrected chi connectivity index (χ4v) is 1.76. The summed E-state index contributed by atoms with van der Waals surface area (Å²) in [4.78, 5) is 4.15. The summed E-state index contributed by atoms with van der Waals surface area (Å²) < 4.78 is 2.82. The second kappa shape index (κ2) is 3.47. The Labute approximate surface area is 84.7 Å². The van der Waals surface area contributed by atoms with E-state index in [0.29, 0.717) is 6.54 Å². The number of fused-ring (bicyclic) bond motifs is 1. The number of nitrogens with zero attached hydrogens (tertiary/aromatic N) is 2. The van der Waals surface area contributed by atoms with Crippen LogP contribution in [0.15, 0.2) is 29.3 Å². The van der Waals surface area contributed by atoms with Crippen molar-refractivity contribution in [1.82, 2.24) is 9.38 Å². The molecule has 0 saturated heterocycles. The van der Waals surface area contributed by atoms with Crippen LogP contribution >= 0.6 is 15.9 Å². The Hall–Kier alpha value is -0.870. The van der Waals surface area contributed by atoms with Crippen LogP contribution in [0.2, 0.25) is 0 Å². The van der Waals surface area contributed by atoms with Gasteiger partial charge in [-0.15, -0.1) is 0 Å². The van der Waals surface area contributed by atoms with E-state index >= 15 is 0 Å². The van der Waals surface area contributed by atoms with Crippen LogP contribution in [0.4, 0.5) is 0 Å². The topological polar surface area (TPSA) is 43.3 Å². The molecule has 0 aliphatic carbocycles. The Morgan fingerprint density at radius 3 is 3.15 bits per heavy atom. The zero-order valence-corrected chi connectivity index (χ0v) is 8.66. The number of imidazole rings is 1. The van der Waals surface area contributed by atoms with Crippen LogP contribution in [0.3, 0.4) is 0 Å². The largest absolute Gasteiger partial charge is 0.330 e. The predicted octanol–water partition coefficient (Wildman–Crippen LogP) is 1.60. The van der Waals surface area contributed by atoms with E-state index in [0.717, 1.165) is 16.7 Å². The molecule has 0 amide bonds. The van der Waals surface area contributed by atoms with Crippen molar-refractivity contribution in [2.24, 2.45) is 5.73 Å². The van der Waals surface area contributed by atoms with E-state index in [-0.39, 0.29) is 0 Å². The van der Waals surface area contributed by atoms with Crippen molar-refractivity contribution in [3.63, 3.8) is 0 Å². The number of pyridine rings is 1. The van der Waals surface area contributed by atoms with Crippen molar-refractivity contribution in [3.8, 4) is 0 Å². The SMILES string of the molecule is NCCc1ccn2c(Br)ncc2c1. The van der Waals surface area contributed by atoms with E-state index < -0.39 is 0 Å². The molecule has 2 aromatic rings. The van der Waals surface area contributed by atoms with Crippen LogP contribution in [-0.4, -0.2) is 15.9 Å². The summed E-state index contributed by atoms with van der Waals surface area (Å²) in [5.41, 5.74) is 7.83. The number of rotatable bonds is 2. The number of hydrogen-bond donors (Lipinski definition) is 1. The zero-order valence-electron chi connectivity index (χ0n) is 7.07. The standard InChI is InChI=1S/C9H10BrN3/c10-9-12-6-8-5-7(1-3-11)2-4-13(8)9/h2,4-6H,1,3,11H2. The van der Waals surface area contributed by atoms with Gasteiger partial charge in [0.15, 0.2) is 4.73 Å². The first-order chi connectivity index (χ1) is 6.31. The Bertz CT molecular complexity index is 422. The summed E-state index contributed by atoms with van der Waals surface area (Å²) >= 11 is 3.36. The van der Waals surface area contributed by atoms with Gasteiger partial charge in [0, 0.05) is 6.20 Å². The lowest BCUT2D eigenvalue weighted by molar-refractivity contribution is 0.961. The molecule has 13 heavy (non-hydrogen) atoms. The quantitative estimate of drug-likeness (QED) is 0.866. The van der Waals surface area contributed by atoms with Crippen molar-refractivity contribution >= 4 is 21.4 Å². The minimum atomic E-state index is 0.686. The highest BCUT2D eigenvalue weighted by molar-refractivity contribution is 9.10. The molecule has 0 fully saturated rings. The van der Waals surface area contributed by atoms with E-state index in [4.69, 9.17) is 5.73 Å². The van der Waals surface area contributed by atoms with Gasteiger partial charge in [0.05, 0.1) is 11.7 Å². The highest BCUT2D eigenvalue weighted by Crippen LogP contribution is 2.13. The first-order valence-corrected chi connectivity index (χ1v) is 4.92. The molecule has 0 spiro atoms. The number of nitrogens with two attached hydrogens (primary N) is 1. The van der Waals surface area contributed by atoms with Crippen molar-refractivity contribution in [2.45, 2.75) is 6.42 Å². The lowest BCUT2D eigenvalue weighted by atomic mass is 10.2. The summed E-state index contributed by atoms with van der Waals surface area (Å²) in [5.74, 6) is 0. The van der Waals surface area contributed by atoms with Gasteiger partial charge >= 0.3 is 0 Å². The second-order valence-corrected chi connectivity index (χ2v) is 3.61. The van der Waals surface area contributed by atoms with Gasteiger partial charge in [0.2, 0.25) is 0 Å². The maximum atomic E-state index is 5.48. The highest BCUT2D eigenvalue weighted by atomic mass is 79.9. The molecule has 0 saturated carbocycles. The average molecular weight is 240 g/mol. The van der Waals surface area contributed by atoms with E-state index in [1.165, 1.54) is 5.56 Å². The molecule has 0 unspecified atom stereocenters. The molecular weight excluding hydrogens is 230 g/mol. The molecule has 0 radical (unpaired) electrons. The number of halogens is 1. The number of aromatic nitrogens is 2. The molecule has 3 nitrogen and oxygen atoms in total. The molecule has 0 aliphatic rings. The second-order valence-electron chi connectivity index (χ2n) is 2.90. The van der Waals surface area contributed by atoms with Gasteiger partial charge in [-0.25, -0.2) is 4.98 Å². The van der Waals surface area contributed by atoms with Gasteiger partial charge in [0.25, 0.3) is 0 Å². The summed E-state index contributed by atoms with van der Waals surface area (Å²) in [5, 5.41) is 0. The van der Waals surface area contributed by atoms with Crippen molar-refractivity contribution < 1.29 is 0 Å².